The smallest absolute Gasteiger partial charge is 0.258 e. The summed E-state index contributed by atoms with van der Waals surface area (Å²) in [6, 6.07) is 16.7. The first-order chi connectivity index (χ1) is 14.2. The van der Waals surface area contributed by atoms with E-state index in [-0.39, 0.29) is 24.5 Å². The molecule has 29 heavy (non-hydrogen) atoms. The number of amides is 2. The van der Waals surface area contributed by atoms with Crippen LogP contribution >= 0.6 is 0 Å². The summed E-state index contributed by atoms with van der Waals surface area (Å²) in [5.41, 5.74) is 0.970. The minimum absolute atomic E-state index is 0.0908. The Hall–Kier alpha value is -3.02. The van der Waals surface area contributed by atoms with Crippen LogP contribution in [0.3, 0.4) is 0 Å². The molecule has 1 unspecified atom stereocenters. The number of carbonyl (C=O) groups excluding carboxylic acids is 2. The Kier molecular flexibility index (Phi) is 7.50. The number of hydrogen-bond donors (Lipinski definition) is 1. The fourth-order valence-electron chi connectivity index (χ4n) is 3.27. The first-order valence-electron chi connectivity index (χ1n) is 10.1. The van der Waals surface area contributed by atoms with Crippen LogP contribution in [0, 0.1) is 0 Å². The molecule has 1 aliphatic rings. The van der Waals surface area contributed by atoms with E-state index in [9.17, 15) is 9.59 Å². The Morgan fingerprint density at radius 1 is 1.07 bits per heavy atom. The zero-order valence-corrected chi connectivity index (χ0v) is 16.8. The molecule has 1 heterocycles. The molecule has 1 N–H and O–H groups in total. The molecule has 1 aliphatic heterocycles. The lowest BCUT2D eigenvalue weighted by atomic mass is 10.1. The van der Waals surface area contributed by atoms with Crippen LogP contribution in [-0.2, 0) is 9.59 Å². The van der Waals surface area contributed by atoms with Crippen molar-refractivity contribution in [3.05, 3.63) is 60.2 Å². The van der Waals surface area contributed by atoms with Crippen molar-refractivity contribution in [1.82, 2.24) is 10.2 Å². The topological polar surface area (TPSA) is 67.9 Å². The molecule has 0 bridgehead atoms. The third kappa shape index (κ3) is 6.24. The van der Waals surface area contributed by atoms with Crippen molar-refractivity contribution in [2.45, 2.75) is 32.2 Å². The molecule has 2 aromatic rings. The molecular weight excluding hydrogens is 368 g/mol. The Bertz CT molecular complexity index is 792. The third-order valence-electron chi connectivity index (χ3n) is 4.78. The Balaban J connectivity index is 1.55. The summed E-state index contributed by atoms with van der Waals surface area (Å²) in [4.78, 5) is 26.3. The average Bonchev–Trinajstić information content (AvgIpc) is 3.16. The third-order valence-corrected chi connectivity index (χ3v) is 4.78. The number of rotatable bonds is 10. The van der Waals surface area contributed by atoms with Gasteiger partial charge in [0.2, 0.25) is 5.91 Å². The summed E-state index contributed by atoms with van der Waals surface area (Å²) >= 11 is 0. The van der Waals surface area contributed by atoms with Gasteiger partial charge in [-0.1, -0.05) is 37.3 Å². The Morgan fingerprint density at radius 3 is 2.38 bits per heavy atom. The van der Waals surface area contributed by atoms with Gasteiger partial charge in [0.15, 0.2) is 6.61 Å². The predicted molar refractivity (Wildman–Crippen MR) is 111 cm³/mol. The van der Waals surface area contributed by atoms with E-state index >= 15 is 0 Å². The van der Waals surface area contributed by atoms with Crippen molar-refractivity contribution >= 4 is 11.8 Å². The van der Waals surface area contributed by atoms with Gasteiger partial charge in [-0.15, -0.1) is 0 Å². The Morgan fingerprint density at radius 2 is 1.76 bits per heavy atom. The predicted octanol–water partition coefficient (Wildman–Crippen LogP) is 3.33. The number of benzene rings is 2. The highest BCUT2D eigenvalue weighted by Crippen LogP contribution is 2.20. The largest absolute Gasteiger partial charge is 0.494 e. The fourth-order valence-corrected chi connectivity index (χ4v) is 3.27. The van der Waals surface area contributed by atoms with Crippen LogP contribution in [-0.4, -0.2) is 43.0 Å². The summed E-state index contributed by atoms with van der Waals surface area (Å²) in [5, 5.41) is 3.01. The van der Waals surface area contributed by atoms with Crippen molar-refractivity contribution in [3.63, 3.8) is 0 Å². The van der Waals surface area contributed by atoms with E-state index < -0.39 is 0 Å². The van der Waals surface area contributed by atoms with E-state index in [2.05, 4.69) is 12.2 Å². The number of carbonyl (C=O) groups is 2. The highest BCUT2D eigenvalue weighted by molar-refractivity contribution is 5.79. The molecule has 0 spiro atoms. The van der Waals surface area contributed by atoms with Gasteiger partial charge in [0.25, 0.3) is 5.91 Å². The standard InChI is InChI=1S/C23H28N2O4/c1-2-15-28-19-10-12-20(13-11-19)29-17-22(26)24-21(18-7-4-3-5-8-18)16-25-14-6-9-23(25)27/h3-5,7-8,10-13,21H,2,6,9,14-17H2,1H3,(H,24,26). The van der Waals surface area contributed by atoms with Crippen molar-refractivity contribution < 1.29 is 19.1 Å². The lowest BCUT2D eigenvalue weighted by Crippen LogP contribution is -2.40. The van der Waals surface area contributed by atoms with Gasteiger partial charge < -0.3 is 19.7 Å². The van der Waals surface area contributed by atoms with Crippen LogP contribution in [0.15, 0.2) is 54.6 Å². The van der Waals surface area contributed by atoms with E-state index in [4.69, 9.17) is 9.47 Å². The molecule has 1 saturated heterocycles. The highest BCUT2D eigenvalue weighted by Gasteiger charge is 2.25. The molecular formula is C23H28N2O4. The summed E-state index contributed by atoms with van der Waals surface area (Å²) in [7, 11) is 0. The number of hydrogen-bond acceptors (Lipinski definition) is 4. The molecule has 0 radical (unpaired) electrons. The maximum atomic E-state index is 12.5. The number of likely N-dealkylation sites (tertiary alicyclic amines) is 1. The van der Waals surface area contributed by atoms with Crippen molar-refractivity contribution in [3.8, 4) is 11.5 Å². The lowest BCUT2D eigenvalue weighted by Gasteiger charge is -2.25. The number of ether oxygens (including phenoxy) is 2. The quantitative estimate of drug-likeness (QED) is 0.669. The maximum Gasteiger partial charge on any atom is 0.258 e. The second kappa shape index (κ2) is 10.5. The monoisotopic (exact) mass is 396 g/mol. The molecule has 6 nitrogen and oxygen atoms in total. The molecule has 154 valence electrons. The molecule has 1 fully saturated rings. The van der Waals surface area contributed by atoms with Gasteiger partial charge in [-0.3, -0.25) is 9.59 Å². The second-order valence-electron chi connectivity index (χ2n) is 7.08. The maximum absolute atomic E-state index is 12.5. The van der Waals surface area contributed by atoms with Gasteiger partial charge in [-0.2, -0.15) is 0 Å². The summed E-state index contributed by atoms with van der Waals surface area (Å²) < 4.78 is 11.1. The van der Waals surface area contributed by atoms with Crippen molar-refractivity contribution in [1.29, 1.82) is 0 Å². The second-order valence-corrected chi connectivity index (χ2v) is 7.08. The van der Waals surface area contributed by atoms with E-state index in [0.29, 0.717) is 25.3 Å². The van der Waals surface area contributed by atoms with E-state index in [1.807, 2.05) is 47.4 Å². The zero-order chi connectivity index (χ0) is 20.5. The molecule has 0 aliphatic carbocycles. The molecule has 0 aromatic heterocycles. The van der Waals surface area contributed by atoms with Gasteiger partial charge in [-0.25, -0.2) is 0 Å². The number of nitrogens with one attached hydrogen (secondary N) is 1. The normalized spacial score (nSPS) is 14.5. The summed E-state index contributed by atoms with van der Waals surface area (Å²) in [6.45, 7) is 3.84. The first kappa shape index (κ1) is 20.7. The van der Waals surface area contributed by atoms with Crippen LogP contribution in [0.5, 0.6) is 11.5 Å². The van der Waals surface area contributed by atoms with Crippen LogP contribution in [0.1, 0.15) is 37.8 Å². The van der Waals surface area contributed by atoms with Gasteiger partial charge >= 0.3 is 0 Å². The van der Waals surface area contributed by atoms with Crippen molar-refractivity contribution in [2.24, 2.45) is 0 Å². The van der Waals surface area contributed by atoms with Gasteiger partial charge in [-0.05, 0) is 42.7 Å². The number of nitrogens with zero attached hydrogens (tertiary/aromatic N) is 1. The van der Waals surface area contributed by atoms with Gasteiger partial charge in [0.1, 0.15) is 11.5 Å². The SMILES string of the molecule is CCCOc1ccc(OCC(=O)NC(CN2CCCC2=O)c2ccccc2)cc1. The molecule has 2 amide bonds. The molecule has 2 aromatic carbocycles. The van der Waals surface area contributed by atoms with Crippen LogP contribution < -0.4 is 14.8 Å². The molecule has 3 rings (SSSR count). The van der Waals surface area contributed by atoms with Crippen LogP contribution in [0.25, 0.3) is 0 Å². The molecule has 6 heteroatoms. The lowest BCUT2D eigenvalue weighted by molar-refractivity contribution is -0.129. The Labute approximate surface area is 171 Å². The summed E-state index contributed by atoms with van der Waals surface area (Å²) in [5.74, 6) is 1.30. The average molecular weight is 396 g/mol. The summed E-state index contributed by atoms with van der Waals surface area (Å²) in [6.07, 6.45) is 2.40. The molecule has 0 saturated carbocycles. The minimum Gasteiger partial charge on any atom is -0.494 e. The van der Waals surface area contributed by atoms with Gasteiger partial charge in [0, 0.05) is 19.5 Å². The first-order valence-corrected chi connectivity index (χ1v) is 10.1. The highest BCUT2D eigenvalue weighted by atomic mass is 16.5. The van der Waals surface area contributed by atoms with Crippen LogP contribution in [0.4, 0.5) is 0 Å². The molecule has 1 atom stereocenters. The van der Waals surface area contributed by atoms with E-state index in [1.165, 1.54) is 0 Å². The minimum atomic E-state index is -0.265. The fraction of sp³-hybridized carbons (Fsp3) is 0.391. The van der Waals surface area contributed by atoms with E-state index in [1.54, 1.807) is 12.1 Å². The van der Waals surface area contributed by atoms with Crippen molar-refractivity contribution in [2.75, 3.05) is 26.3 Å². The van der Waals surface area contributed by atoms with E-state index in [0.717, 1.165) is 30.7 Å². The van der Waals surface area contributed by atoms with Crippen LogP contribution in [0.2, 0.25) is 0 Å². The zero-order valence-electron chi connectivity index (χ0n) is 16.8. The van der Waals surface area contributed by atoms with Gasteiger partial charge in [0.05, 0.1) is 12.6 Å².